The first-order valence-corrected chi connectivity index (χ1v) is 8.71. The Bertz CT molecular complexity index is 596. The fourth-order valence-corrected chi connectivity index (χ4v) is 3.36. The molecule has 2 N–H and O–H groups in total. The van der Waals surface area contributed by atoms with Crippen LogP contribution < -0.4 is 10.6 Å². The maximum atomic E-state index is 12.2. The third-order valence-corrected chi connectivity index (χ3v) is 5.48. The predicted octanol–water partition coefficient (Wildman–Crippen LogP) is 3.39. The summed E-state index contributed by atoms with van der Waals surface area (Å²) in [7, 11) is 0. The number of rotatable bonds is 4. The first kappa shape index (κ1) is 15.5. The third-order valence-electron chi connectivity index (χ3n) is 4.59. The van der Waals surface area contributed by atoms with Crippen LogP contribution in [-0.4, -0.2) is 17.9 Å². The summed E-state index contributed by atoms with van der Waals surface area (Å²) in [6, 6.07) is 6.04. The Morgan fingerprint density at radius 2 is 1.82 bits per heavy atom. The third kappa shape index (κ3) is 3.51. The SMILES string of the molecule is Cc1cc(NC(=O)C2CC2C(=O)NC2CCCC2)ccc1Br. The summed E-state index contributed by atoms with van der Waals surface area (Å²) in [5.41, 5.74) is 1.86. The standard InChI is InChI=1S/C17H21BrN2O2/c1-10-8-12(6-7-15(10)18)20-17(22)14-9-13(14)16(21)19-11-4-2-3-5-11/h6-8,11,13-14H,2-5,9H2,1H3,(H,19,21)(H,20,22). The van der Waals surface area contributed by atoms with E-state index in [1.165, 1.54) is 12.8 Å². The summed E-state index contributed by atoms with van der Waals surface area (Å²) in [6.45, 7) is 1.98. The van der Waals surface area contributed by atoms with E-state index in [0.29, 0.717) is 12.5 Å². The van der Waals surface area contributed by atoms with E-state index in [1.54, 1.807) is 0 Å². The lowest BCUT2D eigenvalue weighted by Crippen LogP contribution is -2.34. The van der Waals surface area contributed by atoms with Gasteiger partial charge in [0.25, 0.3) is 0 Å². The topological polar surface area (TPSA) is 58.2 Å². The van der Waals surface area contributed by atoms with Crippen LogP contribution in [0.1, 0.15) is 37.7 Å². The fraction of sp³-hybridized carbons (Fsp3) is 0.529. The molecule has 3 rings (SSSR count). The van der Waals surface area contributed by atoms with E-state index in [2.05, 4.69) is 26.6 Å². The summed E-state index contributed by atoms with van der Waals surface area (Å²) in [4.78, 5) is 24.4. The molecular formula is C17H21BrN2O2. The molecule has 2 unspecified atom stereocenters. The molecule has 2 aliphatic carbocycles. The average molecular weight is 365 g/mol. The Morgan fingerprint density at radius 3 is 2.50 bits per heavy atom. The monoisotopic (exact) mass is 364 g/mol. The minimum Gasteiger partial charge on any atom is -0.353 e. The molecule has 4 nitrogen and oxygen atoms in total. The first-order chi connectivity index (χ1) is 10.5. The molecule has 0 radical (unpaired) electrons. The van der Waals surface area contributed by atoms with Gasteiger partial charge in [-0.1, -0.05) is 28.8 Å². The zero-order chi connectivity index (χ0) is 15.7. The second-order valence-corrected chi connectivity index (χ2v) is 7.25. The van der Waals surface area contributed by atoms with Gasteiger partial charge in [-0.2, -0.15) is 0 Å². The van der Waals surface area contributed by atoms with Crippen LogP contribution in [0.5, 0.6) is 0 Å². The Kier molecular flexibility index (Phi) is 4.52. The predicted molar refractivity (Wildman–Crippen MR) is 89.5 cm³/mol. The van der Waals surface area contributed by atoms with Crippen molar-refractivity contribution in [3.63, 3.8) is 0 Å². The fourth-order valence-electron chi connectivity index (χ4n) is 3.11. The number of benzene rings is 1. The smallest absolute Gasteiger partial charge is 0.228 e. The van der Waals surface area contributed by atoms with Crippen molar-refractivity contribution in [1.82, 2.24) is 5.32 Å². The van der Waals surface area contributed by atoms with E-state index in [1.807, 2.05) is 25.1 Å². The Balaban J connectivity index is 1.51. The van der Waals surface area contributed by atoms with E-state index in [9.17, 15) is 9.59 Å². The Morgan fingerprint density at radius 1 is 1.14 bits per heavy atom. The number of amides is 2. The molecular weight excluding hydrogens is 344 g/mol. The van der Waals surface area contributed by atoms with Crippen molar-refractivity contribution in [2.75, 3.05) is 5.32 Å². The molecule has 0 aliphatic heterocycles. The summed E-state index contributed by atoms with van der Waals surface area (Å²) in [6.07, 6.45) is 5.21. The van der Waals surface area contributed by atoms with Crippen molar-refractivity contribution in [3.8, 4) is 0 Å². The summed E-state index contributed by atoms with van der Waals surface area (Å²) in [5, 5.41) is 5.99. The highest BCUT2D eigenvalue weighted by Gasteiger charge is 2.48. The van der Waals surface area contributed by atoms with Crippen LogP contribution in [0.25, 0.3) is 0 Å². The number of anilines is 1. The number of hydrogen-bond donors (Lipinski definition) is 2. The molecule has 2 saturated carbocycles. The van der Waals surface area contributed by atoms with Gasteiger partial charge in [-0.25, -0.2) is 0 Å². The molecule has 1 aromatic carbocycles. The van der Waals surface area contributed by atoms with Crippen molar-refractivity contribution in [3.05, 3.63) is 28.2 Å². The number of halogens is 1. The normalized spacial score (nSPS) is 24.1. The van der Waals surface area contributed by atoms with Crippen molar-refractivity contribution in [2.24, 2.45) is 11.8 Å². The van der Waals surface area contributed by atoms with E-state index in [4.69, 9.17) is 0 Å². The molecule has 1 aromatic rings. The molecule has 0 bridgehead atoms. The lowest BCUT2D eigenvalue weighted by Gasteiger charge is -2.11. The Labute approximate surface area is 139 Å². The summed E-state index contributed by atoms with van der Waals surface area (Å²) in [5.74, 6) is -0.310. The first-order valence-electron chi connectivity index (χ1n) is 7.92. The molecule has 0 saturated heterocycles. The average Bonchev–Trinajstić information content (AvgIpc) is 3.14. The van der Waals surface area contributed by atoms with E-state index in [-0.39, 0.29) is 23.7 Å². The lowest BCUT2D eigenvalue weighted by atomic mass is 10.2. The van der Waals surface area contributed by atoms with Gasteiger partial charge in [-0.15, -0.1) is 0 Å². The molecule has 0 heterocycles. The van der Waals surface area contributed by atoms with Crippen LogP contribution in [-0.2, 0) is 9.59 Å². The minimum absolute atomic E-state index is 0.0479. The van der Waals surface area contributed by atoms with Gasteiger partial charge in [0.15, 0.2) is 0 Å². The van der Waals surface area contributed by atoms with E-state index >= 15 is 0 Å². The molecule has 2 aliphatic rings. The van der Waals surface area contributed by atoms with Gasteiger partial charge in [-0.05, 0) is 49.9 Å². The zero-order valence-corrected chi connectivity index (χ0v) is 14.3. The molecule has 0 spiro atoms. The molecule has 2 amide bonds. The highest BCUT2D eigenvalue weighted by atomic mass is 79.9. The van der Waals surface area contributed by atoms with Gasteiger partial charge >= 0.3 is 0 Å². The van der Waals surface area contributed by atoms with E-state index < -0.39 is 0 Å². The van der Waals surface area contributed by atoms with Crippen LogP contribution >= 0.6 is 15.9 Å². The second-order valence-electron chi connectivity index (χ2n) is 6.39. The summed E-state index contributed by atoms with van der Waals surface area (Å²) < 4.78 is 1.02. The van der Waals surface area contributed by atoms with Crippen molar-refractivity contribution in [2.45, 2.75) is 45.1 Å². The molecule has 0 aromatic heterocycles. The second kappa shape index (κ2) is 6.41. The van der Waals surface area contributed by atoms with Gasteiger partial charge in [0.2, 0.25) is 11.8 Å². The highest BCUT2D eigenvalue weighted by molar-refractivity contribution is 9.10. The number of carbonyl (C=O) groups excluding carboxylic acids is 2. The van der Waals surface area contributed by atoms with Crippen LogP contribution in [0.4, 0.5) is 5.69 Å². The number of aryl methyl sites for hydroxylation is 1. The van der Waals surface area contributed by atoms with Gasteiger partial charge in [-0.3, -0.25) is 9.59 Å². The van der Waals surface area contributed by atoms with Crippen LogP contribution in [0.2, 0.25) is 0 Å². The van der Waals surface area contributed by atoms with Crippen LogP contribution in [0, 0.1) is 18.8 Å². The van der Waals surface area contributed by atoms with Crippen molar-refractivity contribution in [1.29, 1.82) is 0 Å². The van der Waals surface area contributed by atoms with Gasteiger partial charge in [0, 0.05) is 16.2 Å². The van der Waals surface area contributed by atoms with Crippen LogP contribution in [0.3, 0.4) is 0 Å². The molecule has 22 heavy (non-hydrogen) atoms. The number of carbonyl (C=O) groups is 2. The zero-order valence-electron chi connectivity index (χ0n) is 12.7. The lowest BCUT2D eigenvalue weighted by molar-refractivity contribution is -0.125. The Hall–Kier alpha value is -1.36. The number of hydrogen-bond acceptors (Lipinski definition) is 2. The molecule has 2 fully saturated rings. The largest absolute Gasteiger partial charge is 0.353 e. The van der Waals surface area contributed by atoms with Gasteiger partial charge in [0.1, 0.15) is 0 Å². The minimum atomic E-state index is -0.176. The quantitative estimate of drug-likeness (QED) is 0.859. The summed E-state index contributed by atoms with van der Waals surface area (Å²) >= 11 is 3.44. The molecule has 2 atom stereocenters. The highest BCUT2D eigenvalue weighted by Crippen LogP contribution is 2.40. The van der Waals surface area contributed by atoms with Crippen LogP contribution in [0.15, 0.2) is 22.7 Å². The maximum absolute atomic E-state index is 12.2. The van der Waals surface area contributed by atoms with E-state index in [0.717, 1.165) is 28.6 Å². The molecule has 118 valence electrons. The maximum Gasteiger partial charge on any atom is 0.228 e. The van der Waals surface area contributed by atoms with Crippen molar-refractivity contribution < 1.29 is 9.59 Å². The molecule has 5 heteroatoms. The number of nitrogens with one attached hydrogen (secondary N) is 2. The van der Waals surface area contributed by atoms with Crippen molar-refractivity contribution >= 4 is 33.4 Å². The van der Waals surface area contributed by atoms with Gasteiger partial charge < -0.3 is 10.6 Å². The van der Waals surface area contributed by atoms with Gasteiger partial charge in [0.05, 0.1) is 11.8 Å².